The van der Waals surface area contributed by atoms with Crippen molar-refractivity contribution in [2.75, 3.05) is 11.9 Å². The highest BCUT2D eigenvalue weighted by Gasteiger charge is 2.38. The van der Waals surface area contributed by atoms with Crippen LogP contribution in [0.2, 0.25) is 5.02 Å². The first-order valence-electron chi connectivity index (χ1n) is 15.4. The molecule has 1 aromatic heterocycles. The van der Waals surface area contributed by atoms with Crippen molar-refractivity contribution in [1.82, 2.24) is 9.78 Å². The molecule has 3 aromatic rings. The van der Waals surface area contributed by atoms with Crippen molar-refractivity contribution in [2.45, 2.75) is 97.9 Å². The molecule has 1 unspecified atom stereocenters. The van der Waals surface area contributed by atoms with Gasteiger partial charge in [0, 0.05) is 11.5 Å². The fraction of sp³-hybridized carbons (Fsp3) is 0.515. The number of carbonyl (C=O) groups is 3. The number of non-ortho nitro benzene ring substituents is 1. The van der Waals surface area contributed by atoms with Gasteiger partial charge < -0.3 is 10.1 Å². The predicted molar refractivity (Wildman–Crippen MR) is 172 cm³/mol. The lowest BCUT2D eigenvalue weighted by atomic mass is 9.86. The highest BCUT2D eigenvalue weighted by atomic mass is 35.5. The number of amides is 1. The second kappa shape index (κ2) is 16.3. The van der Waals surface area contributed by atoms with Crippen molar-refractivity contribution in [3.8, 4) is 0 Å². The van der Waals surface area contributed by atoms with Crippen molar-refractivity contribution in [1.29, 1.82) is 0 Å². The van der Waals surface area contributed by atoms with E-state index >= 15 is 0 Å². The Bertz CT molecular complexity index is 1460. The van der Waals surface area contributed by atoms with Gasteiger partial charge in [-0.1, -0.05) is 103 Å². The Morgan fingerprint density at radius 2 is 1.64 bits per heavy atom. The number of rotatable bonds is 17. The molecule has 0 aliphatic carbocycles. The van der Waals surface area contributed by atoms with Crippen LogP contribution in [0.15, 0.2) is 42.6 Å². The van der Waals surface area contributed by atoms with E-state index in [1.54, 1.807) is 26.8 Å². The highest BCUT2D eigenvalue weighted by Crippen LogP contribution is 2.32. The molecular weight excluding hydrogens is 584 g/mol. The van der Waals surface area contributed by atoms with E-state index in [9.17, 15) is 24.5 Å². The van der Waals surface area contributed by atoms with Gasteiger partial charge in [-0.15, -0.1) is 0 Å². The number of benzene rings is 2. The second-order valence-electron chi connectivity index (χ2n) is 12.1. The molecule has 11 heteroatoms. The molecule has 0 saturated carbocycles. The SMILES string of the molecule is CCCCCCCCCCCCOC(=O)c1ccc(Cl)c(NC(=O)C(C(=O)C(C)(C)C)n2ncc3c([N+](=O)[O-])cccc32)c1. The van der Waals surface area contributed by atoms with Gasteiger partial charge >= 0.3 is 5.97 Å². The van der Waals surface area contributed by atoms with Crippen molar-refractivity contribution in [3.05, 3.63) is 63.3 Å². The first kappa shape index (κ1) is 34.7. The first-order valence-corrected chi connectivity index (χ1v) is 15.8. The standard InChI is InChI=1S/C33H43ClN4O6/c1-5-6-7-8-9-10-11-12-13-14-20-44-32(41)23-18-19-25(34)26(21-23)36-31(40)29(30(39)33(2,3)4)37-27-16-15-17-28(38(42)43)24(27)22-35-37/h15-19,21-22,29H,5-14,20H2,1-4H3,(H,36,40). The van der Waals surface area contributed by atoms with Gasteiger partial charge in [0.05, 0.1) is 44.9 Å². The average Bonchev–Trinajstić information content (AvgIpc) is 3.40. The van der Waals surface area contributed by atoms with Crippen LogP contribution in [0.1, 0.15) is 108 Å². The van der Waals surface area contributed by atoms with E-state index in [0.29, 0.717) is 6.61 Å². The highest BCUT2D eigenvalue weighted by molar-refractivity contribution is 6.34. The lowest BCUT2D eigenvalue weighted by Gasteiger charge is -2.25. The summed E-state index contributed by atoms with van der Waals surface area (Å²) in [5.41, 5.74) is -0.559. The van der Waals surface area contributed by atoms with Crippen LogP contribution in [-0.2, 0) is 14.3 Å². The van der Waals surface area contributed by atoms with E-state index in [1.165, 1.54) is 86.2 Å². The van der Waals surface area contributed by atoms with Crippen LogP contribution < -0.4 is 5.32 Å². The second-order valence-corrected chi connectivity index (χ2v) is 12.5. The Morgan fingerprint density at radius 3 is 2.25 bits per heavy atom. The number of Topliss-reactive ketones (excluding diaryl/α,β-unsaturated/α-hetero) is 1. The van der Waals surface area contributed by atoms with Gasteiger partial charge in [0.15, 0.2) is 11.8 Å². The van der Waals surface area contributed by atoms with E-state index < -0.39 is 34.0 Å². The van der Waals surface area contributed by atoms with Gasteiger partial charge in [-0.3, -0.25) is 19.7 Å². The third kappa shape index (κ3) is 9.35. The van der Waals surface area contributed by atoms with Gasteiger partial charge in [0.25, 0.3) is 11.6 Å². The number of hydrogen-bond acceptors (Lipinski definition) is 7. The molecule has 44 heavy (non-hydrogen) atoms. The van der Waals surface area contributed by atoms with Crippen LogP contribution in [0.4, 0.5) is 11.4 Å². The number of unbranched alkanes of at least 4 members (excludes halogenated alkanes) is 9. The molecule has 0 fully saturated rings. The Morgan fingerprint density at radius 1 is 1.00 bits per heavy atom. The summed E-state index contributed by atoms with van der Waals surface area (Å²) in [6.07, 6.45) is 13.0. The quantitative estimate of drug-likeness (QED) is 0.0522. The molecule has 0 aliphatic heterocycles. The molecule has 238 valence electrons. The zero-order chi connectivity index (χ0) is 32.3. The summed E-state index contributed by atoms with van der Waals surface area (Å²) in [5.74, 6) is -1.75. The van der Waals surface area contributed by atoms with Gasteiger partial charge in [0.2, 0.25) is 0 Å². The van der Waals surface area contributed by atoms with E-state index in [2.05, 4.69) is 17.3 Å². The van der Waals surface area contributed by atoms with E-state index in [0.717, 1.165) is 19.3 Å². The minimum Gasteiger partial charge on any atom is -0.462 e. The van der Waals surface area contributed by atoms with Gasteiger partial charge in [-0.2, -0.15) is 5.10 Å². The predicted octanol–water partition coefficient (Wildman–Crippen LogP) is 8.47. The third-order valence-electron chi connectivity index (χ3n) is 7.49. The molecule has 3 rings (SSSR count). The number of nitro benzene ring substituents is 1. The summed E-state index contributed by atoms with van der Waals surface area (Å²) in [7, 11) is 0. The number of halogens is 1. The van der Waals surface area contributed by atoms with E-state index in [-0.39, 0.29) is 32.9 Å². The Balaban J connectivity index is 1.67. The lowest BCUT2D eigenvalue weighted by Crippen LogP contribution is -2.39. The van der Waals surface area contributed by atoms with Crippen LogP contribution in [0.5, 0.6) is 0 Å². The maximum absolute atomic E-state index is 13.7. The number of carbonyl (C=O) groups excluding carboxylic acids is 3. The number of esters is 1. The van der Waals surface area contributed by atoms with Crippen LogP contribution >= 0.6 is 11.6 Å². The average molecular weight is 627 g/mol. The molecule has 1 amide bonds. The third-order valence-corrected chi connectivity index (χ3v) is 7.82. The number of ketones is 1. The summed E-state index contributed by atoms with van der Waals surface area (Å²) in [4.78, 5) is 50.9. The topological polar surface area (TPSA) is 133 Å². The maximum Gasteiger partial charge on any atom is 0.338 e. The minimum absolute atomic E-state index is 0.124. The van der Waals surface area contributed by atoms with E-state index in [1.807, 2.05) is 0 Å². The smallest absolute Gasteiger partial charge is 0.338 e. The van der Waals surface area contributed by atoms with Crippen molar-refractivity contribution in [2.24, 2.45) is 5.41 Å². The molecule has 2 aromatic carbocycles. The first-order chi connectivity index (χ1) is 21.0. The van der Waals surface area contributed by atoms with Crippen LogP contribution in [0.25, 0.3) is 10.9 Å². The van der Waals surface area contributed by atoms with Gasteiger partial charge in [-0.05, 0) is 30.7 Å². The molecule has 1 N–H and O–H groups in total. The Kier molecular flexibility index (Phi) is 12.9. The van der Waals surface area contributed by atoms with Gasteiger partial charge in [0.1, 0.15) is 0 Å². The lowest BCUT2D eigenvalue weighted by molar-refractivity contribution is -0.383. The molecule has 0 bridgehead atoms. The molecule has 0 saturated heterocycles. The largest absolute Gasteiger partial charge is 0.462 e. The minimum atomic E-state index is -1.46. The van der Waals surface area contributed by atoms with Crippen LogP contribution in [0.3, 0.4) is 0 Å². The van der Waals surface area contributed by atoms with Gasteiger partial charge in [-0.25, -0.2) is 9.48 Å². The fourth-order valence-corrected chi connectivity index (χ4v) is 5.12. The number of nitrogens with zero attached hydrogens (tertiary/aromatic N) is 3. The number of aromatic nitrogens is 2. The number of fused-ring (bicyclic) bond motifs is 1. The summed E-state index contributed by atoms with van der Waals surface area (Å²) in [6.45, 7) is 7.51. The molecule has 0 radical (unpaired) electrons. The summed E-state index contributed by atoms with van der Waals surface area (Å²) in [6, 6.07) is 7.29. The van der Waals surface area contributed by atoms with Crippen molar-refractivity contribution in [3.63, 3.8) is 0 Å². The summed E-state index contributed by atoms with van der Waals surface area (Å²) >= 11 is 6.37. The van der Waals surface area contributed by atoms with Crippen LogP contribution in [-0.4, -0.2) is 39.0 Å². The normalized spacial score (nSPS) is 12.2. The Hall–Kier alpha value is -3.79. The summed E-state index contributed by atoms with van der Waals surface area (Å²) in [5, 5.41) is 18.8. The number of ether oxygens (including phenoxy) is 1. The fourth-order valence-electron chi connectivity index (χ4n) is 4.96. The Labute approximate surface area is 263 Å². The van der Waals surface area contributed by atoms with E-state index in [4.69, 9.17) is 16.3 Å². The molecular formula is C33H43ClN4O6. The molecule has 0 spiro atoms. The maximum atomic E-state index is 13.7. The molecule has 1 atom stereocenters. The molecule has 0 aliphatic rings. The number of nitrogens with one attached hydrogen (secondary N) is 1. The number of anilines is 1. The molecule has 10 nitrogen and oxygen atoms in total. The zero-order valence-corrected chi connectivity index (χ0v) is 26.8. The number of nitro groups is 1. The molecule has 1 heterocycles. The monoisotopic (exact) mass is 626 g/mol. The number of hydrogen-bond donors (Lipinski definition) is 1. The zero-order valence-electron chi connectivity index (χ0n) is 26.1. The van der Waals surface area contributed by atoms with Crippen LogP contribution in [0, 0.1) is 15.5 Å². The summed E-state index contributed by atoms with van der Waals surface area (Å²) < 4.78 is 6.63. The van der Waals surface area contributed by atoms with Crippen molar-refractivity contribution >= 4 is 51.5 Å². The van der Waals surface area contributed by atoms with Crippen molar-refractivity contribution < 1.29 is 24.0 Å².